The normalized spacial score (nSPS) is 11.0. The first kappa shape index (κ1) is 25.2. The Morgan fingerprint density at radius 1 is 0.786 bits per heavy atom. The van der Waals surface area contributed by atoms with Crippen molar-refractivity contribution >= 4 is 17.3 Å². The van der Waals surface area contributed by atoms with Crippen LogP contribution in [0, 0.1) is 0 Å². The Hall–Kier alpha value is -0.830. The molecule has 1 aromatic heterocycles. The van der Waals surface area contributed by atoms with Crippen molar-refractivity contribution in [1.82, 2.24) is 0 Å². The number of carbonyl (C=O) groups is 1. The fourth-order valence-corrected chi connectivity index (χ4v) is 4.33. The van der Waals surface area contributed by atoms with Crippen LogP contribution in [0.5, 0.6) is 0 Å². The van der Waals surface area contributed by atoms with Crippen molar-refractivity contribution in [3.05, 3.63) is 22.4 Å². The number of esters is 1. The Bertz CT molecular complexity index is 441. The Balaban J connectivity index is 1.71. The molecule has 0 saturated carbocycles. The number of rotatable bonds is 20. The molecule has 0 aliphatic carbocycles. The Morgan fingerprint density at radius 2 is 1.36 bits per heavy atom. The van der Waals surface area contributed by atoms with Crippen LogP contribution < -0.4 is 0 Å². The quantitative estimate of drug-likeness (QED) is 0.160. The molecule has 0 saturated heterocycles. The first-order valence-corrected chi connectivity index (χ1v) is 12.9. The molecule has 162 valence electrons. The molecule has 0 amide bonds. The van der Waals surface area contributed by atoms with Gasteiger partial charge in [0.25, 0.3) is 0 Å². The first-order valence-electron chi connectivity index (χ1n) is 12.0. The molecular formula is C25H44O2S. The van der Waals surface area contributed by atoms with Crippen LogP contribution in [0.3, 0.4) is 0 Å². The van der Waals surface area contributed by atoms with Crippen molar-refractivity contribution in [2.45, 2.75) is 122 Å². The summed E-state index contributed by atoms with van der Waals surface area (Å²) in [5.74, 6) is 0.00886. The average molecular weight is 409 g/mol. The maximum atomic E-state index is 11.7. The Labute approximate surface area is 178 Å². The summed E-state index contributed by atoms with van der Waals surface area (Å²) in [6.07, 6.45) is 22.3. The van der Waals surface area contributed by atoms with E-state index >= 15 is 0 Å². The number of thiophene rings is 1. The minimum Gasteiger partial charge on any atom is -0.466 e. The molecule has 0 fully saturated rings. The summed E-state index contributed by atoms with van der Waals surface area (Å²) in [4.78, 5) is 13.2. The summed E-state index contributed by atoms with van der Waals surface area (Å²) in [5.41, 5.74) is 0. The average Bonchev–Trinajstić information content (AvgIpc) is 3.21. The number of unbranched alkanes of at least 4 members (excludes halogenated alkanes) is 14. The zero-order chi connectivity index (χ0) is 20.1. The highest BCUT2D eigenvalue weighted by Gasteiger charge is 2.02. The van der Waals surface area contributed by atoms with Gasteiger partial charge in [-0.2, -0.15) is 0 Å². The molecule has 3 heteroatoms. The summed E-state index contributed by atoms with van der Waals surface area (Å²) < 4.78 is 5.30. The highest BCUT2D eigenvalue weighted by atomic mass is 32.1. The highest BCUT2D eigenvalue weighted by molar-refractivity contribution is 7.09. The molecule has 0 spiro atoms. The number of aryl methyl sites for hydroxylation is 1. The highest BCUT2D eigenvalue weighted by Crippen LogP contribution is 2.15. The number of carbonyl (C=O) groups excluding carboxylic acids is 1. The van der Waals surface area contributed by atoms with Crippen LogP contribution in [0.2, 0.25) is 0 Å². The van der Waals surface area contributed by atoms with E-state index in [-0.39, 0.29) is 5.97 Å². The zero-order valence-corrected chi connectivity index (χ0v) is 19.2. The van der Waals surface area contributed by atoms with Gasteiger partial charge in [-0.3, -0.25) is 4.79 Å². The van der Waals surface area contributed by atoms with E-state index in [1.165, 1.54) is 101 Å². The SMILES string of the molecule is CCCCCCCOC(=O)CCCCCCCCCCCCCc1cccs1. The van der Waals surface area contributed by atoms with E-state index in [0.29, 0.717) is 13.0 Å². The molecule has 0 aromatic carbocycles. The maximum absolute atomic E-state index is 11.7. The van der Waals surface area contributed by atoms with Crippen molar-refractivity contribution in [2.24, 2.45) is 0 Å². The molecule has 0 aliphatic rings. The number of ether oxygens (including phenoxy) is 1. The van der Waals surface area contributed by atoms with Gasteiger partial charge in [-0.25, -0.2) is 0 Å². The molecular weight excluding hydrogens is 364 g/mol. The Kier molecular flexibility index (Phi) is 17.5. The predicted octanol–water partition coefficient (Wildman–Crippen LogP) is 8.49. The van der Waals surface area contributed by atoms with Gasteiger partial charge in [-0.15, -0.1) is 11.3 Å². The summed E-state index contributed by atoms with van der Waals surface area (Å²) in [6, 6.07) is 4.41. The van der Waals surface area contributed by atoms with Gasteiger partial charge in [0.1, 0.15) is 0 Å². The molecule has 0 N–H and O–H groups in total. The second kappa shape index (κ2) is 19.5. The summed E-state index contributed by atoms with van der Waals surface area (Å²) in [7, 11) is 0. The van der Waals surface area contributed by atoms with E-state index in [1.807, 2.05) is 11.3 Å². The van der Waals surface area contributed by atoms with Gasteiger partial charge in [0.2, 0.25) is 0 Å². The first-order chi connectivity index (χ1) is 13.8. The van der Waals surface area contributed by atoms with Crippen LogP contribution in [-0.4, -0.2) is 12.6 Å². The van der Waals surface area contributed by atoms with Crippen LogP contribution in [0.4, 0.5) is 0 Å². The molecule has 0 bridgehead atoms. The molecule has 0 unspecified atom stereocenters. The molecule has 1 aromatic rings. The summed E-state index contributed by atoms with van der Waals surface area (Å²) in [5, 5.41) is 2.18. The van der Waals surface area contributed by atoms with Crippen molar-refractivity contribution in [1.29, 1.82) is 0 Å². The smallest absolute Gasteiger partial charge is 0.305 e. The number of hydrogen-bond donors (Lipinski definition) is 0. The molecule has 0 radical (unpaired) electrons. The van der Waals surface area contributed by atoms with Gasteiger partial charge < -0.3 is 4.74 Å². The van der Waals surface area contributed by atoms with E-state index in [1.54, 1.807) is 0 Å². The van der Waals surface area contributed by atoms with Crippen molar-refractivity contribution < 1.29 is 9.53 Å². The van der Waals surface area contributed by atoms with Gasteiger partial charge in [-0.05, 0) is 37.1 Å². The lowest BCUT2D eigenvalue weighted by Gasteiger charge is -2.05. The molecule has 28 heavy (non-hydrogen) atoms. The second-order valence-electron chi connectivity index (χ2n) is 8.10. The van der Waals surface area contributed by atoms with E-state index in [0.717, 1.165) is 12.8 Å². The van der Waals surface area contributed by atoms with E-state index < -0.39 is 0 Å². The fourth-order valence-electron chi connectivity index (χ4n) is 3.58. The van der Waals surface area contributed by atoms with Crippen LogP contribution in [0.15, 0.2) is 17.5 Å². The predicted molar refractivity (Wildman–Crippen MR) is 123 cm³/mol. The third-order valence-corrected chi connectivity index (χ3v) is 6.33. The topological polar surface area (TPSA) is 26.3 Å². The minimum atomic E-state index is 0.00886. The van der Waals surface area contributed by atoms with Gasteiger partial charge in [0, 0.05) is 11.3 Å². The third kappa shape index (κ3) is 16.2. The monoisotopic (exact) mass is 408 g/mol. The lowest BCUT2D eigenvalue weighted by Crippen LogP contribution is -2.05. The minimum absolute atomic E-state index is 0.00886. The Morgan fingerprint density at radius 3 is 1.96 bits per heavy atom. The van der Waals surface area contributed by atoms with E-state index in [9.17, 15) is 4.79 Å². The number of hydrogen-bond acceptors (Lipinski definition) is 3. The molecule has 1 heterocycles. The van der Waals surface area contributed by atoms with Crippen LogP contribution in [-0.2, 0) is 16.0 Å². The molecule has 1 rings (SSSR count). The second-order valence-corrected chi connectivity index (χ2v) is 9.14. The van der Waals surface area contributed by atoms with Crippen LogP contribution in [0.1, 0.15) is 121 Å². The lowest BCUT2D eigenvalue weighted by molar-refractivity contribution is -0.143. The standard InChI is InChI=1S/C25H44O2S/c1-2-3-4-14-17-22-27-25(26)21-16-13-11-9-7-5-6-8-10-12-15-19-24-20-18-23-28-24/h18,20,23H,2-17,19,21-22H2,1H3. The van der Waals surface area contributed by atoms with Gasteiger partial charge >= 0.3 is 5.97 Å². The van der Waals surface area contributed by atoms with Gasteiger partial charge in [0.05, 0.1) is 6.61 Å². The fraction of sp³-hybridized carbons (Fsp3) is 0.800. The third-order valence-electron chi connectivity index (χ3n) is 5.40. The van der Waals surface area contributed by atoms with Crippen molar-refractivity contribution in [3.8, 4) is 0 Å². The van der Waals surface area contributed by atoms with Crippen molar-refractivity contribution in [2.75, 3.05) is 6.61 Å². The molecule has 2 nitrogen and oxygen atoms in total. The molecule has 0 aliphatic heterocycles. The lowest BCUT2D eigenvalue weighted by atomic mass is 10.0. The van der Waals surface area contributed by atoms with Gasteiger partial charge in [0.15, 0.2) is 0 Å². The zero-order valence-electron chi connectivity index (χ0n) is 18.4. The maximum Gasteiger partial charge on any atom is 0.305 e. The van der Waals surface area contributed by atoms with Crippen molar-refractivity contribution in [3.63, 3.8) is 0 Å². The van der Waals surface area contributed by atoms with Crippen LogP contribution >= 0.6 is 11.3 Å². The largest absolute Gasteiger partial charge is 0.466 e. The summed E-state index contributed by atoms with van der Waals surface area (Å²) >= 11 is 1.89. The van der Waals surface area contributed by atoms with Gasteiger partial charge in [-0.1, -0.05) is 96.5 Å². The van der Waals surface area contributed by atoms with Crippen LogP contribution in [0.25, 0.3) is 0 Å². The molecule has 0 atom stereocenters. The summed E-state index contributed by atoms with van der Waals surface area (Å²) in [6.45, 7) is 2.84. The van der Waals surface area contributed by atoms with E-state index in [2.05, 4.69) is 24.4 Å². The van der Waals surface area contributed by atoms with E-state index in [4.69, 9.17) is 4.74 Å².